The first kappa shape index (κ1) is 12.4. The second-order valence-corrected chi connectivity index (χ2v) is 4.18. The lowest BCUT2D eigenvalue weighted by Crippen LogP contribution is -2.35. The molecular weight excluding hydrogens is 309 g/mol. The van der Waals surface area contributed by atoms with E-state index in [0.717, 1.165) is 9.39 Å². The number of nitrogens with two attached hydrogens (primary N) is 1. The fraction of sp³-hybridized carbons (Fsp3) is 0.556. The molecule has 6 heteroatoms. The van der Waals surface area contributed by atoms with Crippen LogP contribution in [0.15, 0.2) is 6.33 Å². The standard InChI is InChI=1S/C9H14IN3O2/c1-3-15-9(14)6(11)4-7-8(10)12-5-13(7)2/h5-6H,3-4,11H2,1-2H3. The molecule has 0 aliphatic carbocycles. The van der Waals surface area contributed by atoms with Gasteiger partial charge in [-0.25, -0.2) is 4.98 Å². The molecule has 0 radical (unpaired) electrons. The number of hydrogen-bond donors (Lipinski definition) is 1. The Bertz CT molecular complexity index is 332. The van der Waals surface area contributed by atoms with Crippen molar-refractivity contribution in [2.24, 2.45) is 12.8 Å². The Morgan fingerprint density at radius 2 is 2.47 bits per heavy atom. The highest BCUT2D eigenvalue weighted by Gasteiger charge is 2.18. The van der Waals surface area contributed by atoms with Crippen LogP contribution in [-0.4, -0.2) is 28.2 Å². The third-order valence-electron chi connectivity index (χ3n) is 2.01. The Hall–Kier alpha value is -0.630. The highest BCUT2D eigenvalue weighted by atomic mass is 127. The van der Waals surface area contributed by atoms with Crippen molar-refractivity contribution in [2.45, 2.75) is 19.4 Å². The third kappa shape index (κ3) is 3.16. The molecule has 0 fully saturated rings. The van der Waals surface area contributed by atoms with Crippen molar-refractivity contribution in [3.63, 3.8) is 0 Å². The maximum Gasteiger partial charge on any atom is 0.323 e. The van der Waals surface area contributed by atoms with Gasteiger partial charge in [0.05, 0.1) is 18.6 Å². The van der Waals surface area contributed by atoms with E-state index in [1.54, 1.807) is 13.3 Å². The second kappa shape index (κ2) is 5.45. The van der Waals surface area contributed by atoms with Crippen LogP contribution in [0.4, 0.5) is 0 Å². The van der Waals surface area contributed by atoms with E-state index in [0.29, 0.717) is 13.0 Å². The third-order valence-corrected chi connectivity index (χ3v) is 2.91. The fourth-order valence-corrected chi connectivity index (χ4v) is 1.92. The minimum Gasteiger partial charge on any atom is -0.465 e. The van der Waals surface area contributed by atoms with E-state index in [-0.39, 0.29) is 5.97 Å². The fourth-order valence-electron chi connectivity index (χ4n) is 1.20. The Morgan fingerprint density at radius 1 is 1.80 bits per heavy atom. The average Bonchev–Trinajstić information content (AvgIpc) is 2.49. The summed E-state index contributed by atoms with van der Waals surface area (Å²) < 4.78 is 7.57. The molecule has 1 aromatic rings. The molecular formula is C9H14IN3O2. The van der Waals surface area contributed by atoms with E-state index in [4.69, 9.17) is 10.5 Å². The maximum absolute atomic E-state index is 11.3. The lowest BCUT2D eigenvalue weighted by molar-refractivity contribution is -0.144. The van der Waals surface area contributed by atoms with E-state index in [9.17, 15) is 4.79 Å². The minimum absolute atomic E-state index is 0.356. The molecule has 0 amide bonds. The summed E-state index contributed by atoms with van der Waals surface area (Å²) in [6, 6.07) is -0.617. The van der Waals surface area contributed by atoms with Crippen molar-refractivity contribution < 1.29 is 9.53 Å². The summed E-state index contributed by atoms with van der Waals surface area (Å²) in [5.41, 5.74) is 6.67. The zero-order chi connectivity index (χ0) is 11.4. The molecule has 1 atom stereocenters. The molecule has 15 heavy (non-hydrogen) atoms. The number of aromatic nitrogens is 2. The highest BCUT2D eigenvalue weighted by Crippen LogP contribution is 2.11. The number of carbonyl (C=O) groups excluding carboxylic acids is 1. The first-order chi connectivity index (χ1) is 7.06. The van der Waals surface area contributed by atoms with E-state index < -0.39 is 6.04 Å². The number of carbonyl (C=O) groups is 1. The van der Waals surface area contributed by atoms with Gasteiger partial charge in [-0.3, -0.25) is 4.79 Å². The van der Waals surface area contributed by atoms with Crippen LogP contribution in [-0.2, 0) is 23.0 Å². The van der Waals surface area contributed by atoms with Gasteiger partial charge in [0.25, 0.3) is 0 Å². The van der Waals surface area contributed by atoms with Crippen LogP contribution >= 0.6 is 22.6 Å². The number of ether oxygens (including phenoxy) is 1. The van der Waals surface area contributed by atoms with Gasteiger partial charge in [-0.2, -0.15) is 0 Å². The van der Waals surface area contributed by atoms with Gasteiger partial charge in [-0.15, -0.1) is 0 Å². The molecule has 0 spiro atoms. The summed E-state index contributed by atoms with van der Waals surface area (Å²) >= 11 is 2.12. The normalized spacial score (nSPS) is 12.5. The van der Waals surface area contributed by atoms with Crippen molar-refractivity contribution in [2.75, 3.05) is 6.61 Å². The second-order valence-electron chi connectivity index (χ2n) is 3.16. The van der Waals surface area contributed by atoms with Crippen molar-refractivity contribution in [3.8, 4) is 0 Å². The predicted molar refractivity (Wildman–Crippen MR) is 64.2 cm³/mol. The summed E-state index contributed by atoms with van der Waals surface area (Å²) in [6.07, 6.45) is 2.16. The molecule has 5 nitrogen and oxygen atoms in total. The maximum atomic E-state index is 11.3. The predicted octanol–water partition coefficient (Wildman–Crippen LogP) is 0.458. The molecule has 0 saturated heterocycles. The van der Waals surface area contributed by atoms with Gasteiger partial charge < -0.3 is 15.0 Å². The summed E-state index contributed by atoms with van der Waals surface area (Å²) in [5.74, 6) is -0.366. The molecule has 0 saturated carbocycles. The summed E-state index contributed by atoms with van der Waals surface area (Å²) in [4.78, 5) is 15.4. The van der Waals surface area contributed by atoms with Gasteiger partial charge in [0.15, 0.2) is 0 Å². The molecule has 1 rings (SSSR count). The van der Waals surface area contributed by atoms with Crippen molar-refractivity contribution in [3.05, 3.63) is 15.7 Å². The molecule has 84 valence electrons. The van der Waals surface area contributed by atoms with E-state index in [1.165, 1.54) is 0 Å². The van der Waals surface area contributed by atoms with Crippen LogP contribution in [0.25, 0.3) is 0 Å². The number of rotatable bonds is 4. The van der Waals surface area contributed by atoms with Gasteiger partial charge in [-0.1, -0.05) is 0 Å². The minimum atomic E-state index is -0.617. The van der Waals surface area contributed by atoms with Gasteiger partial charge in [0.1, 0.15) is 9.74 Å². The first-order valence-electron chi connectivity index (χ1n) is 4.64. The number of imidazole rings is 1. The smallest absolute Gasteiger partial charge is 0.323 e. The summed E-state index contributed by atoms with van der Waals surface area (Å²) in [5, 5.41) is 0. The Balaban J connectivity index is 2.66. The van der Waals surface area contributed by atoms with Crippen LogP contribution < -0.4 is 5.73 Å². The van der Waals surface area contributed by atoms with Gasteiger partial charge in [-0.05, 0) is 29.5 Å². The Kier molecular flexibility index (Phi) is 4.52. The summed E-state index contributed by atoms with van der Waals surface area (Å²) in [7, 11) is 1.88. The monoisotopic (exact) mass is 323 g/mol. The number of esters is 1. The van der Waals surface area contributed by atoms with Gasteiger partial charge in [0, 0.05) is 13.5 Å². The zero-order valence-corrected chi connectivity index (χ0v) is 10.9. The average molecular weight is 323 g/mol. The lowest BCUT2D eigenvalue weighted by Gasteiger charge is -2.10. The van der Waals surface area contributed by atoms with Crippen LogP contribution in [0.1, 0.15) is 12.6 Å². The van der Waals surface area contributed by atoms with Crippen LogP contribution in [0.2, 0.25) is 0 Å². The first-order valence-corrected chi connectivity index (χ1v) is 5.72. The molecule has 0 aromatic carbocycles. The molecule has 0 aliphatic rings. The number of halogens is 1. The topological polar surface area (TPSA) is 70.1 Å². The molecule has 1 unspecified atom stereocenters. The van der Waals surface area contributed by atoms with Gasteiger partial charge in [0.2, 0.25) is 0 Å². The molecule has 0 bridgehead atoms. The number of nitrogens with zero attached hydrogens (tertiary/aromatic N) is 2. The molecule has 1 aromatic heterocycles. The Morgan fingerprint density at radius 3 is 2.93 bits per heavy atom. The van der Waals surface area contributed by atoms with Gasteiger partial charge >= 0.3 is 5.97 Å². The molecule has 0 aliphatic heterocycles. The van der Waals surface area contributed by atoms with Crippen molar-refractivity contribution in [1.29, 1.82) is 0 Å². The van der Waals surface area contributed by atoms with Crippen LogP contribution in [0.5, 0.6) is 0 Å². The van der Waals surface area contributed by atoms with Crippen molar-refractivity contribution in [1.82, 2.24) is 9.55 Å². The molecule has 2 N–H and O–H groups in total. The molecule has 1 heterocycles. The lowest BCUT2D eigenvalue weighted by atomic mass is 10.2. The quantitative estimate of drug-likeness (QED) is 0.645. The highest BCUT2D eigenvalue weighted by molar-refractivity contribution is 14.1. The largest absolute Gasteiger partial charge is 0.465 e. The van der Waals surface area contributed by atoms with E-state index in [1.807, 2.05) is 11.6 Å². The summed E-state index contributed by atoms with van der Waals surface area (Å²) in [6.45, 7) is 2.12. The van der Waals surface area contributed by atoms with Crippen molar-refractivity contribution >= 4 is 28.6 Å². The van der Waals surface area contributed by atoms with E-state index in [2.05, 4.69) is 27.6 Å². The van der Waals surface area contributed by atoms with Crippen LogP contribution in [0.3, 0.4) is 0 Å². The number of hydrogen-bond acceptors (Lipinski definition) is 4. The van der Waals surface area contributed by atoms with Crippen LogP contribution in [0, 0.1) is 3.70 Å². The van der Waals surface area contributed by atoms with E-state index >= 15 is 0 Å². The number of aryl methyl sites for hydroxylation is 1. The Labute approximate surface area is 102 Å². The SMILES string of the molecule is CCOC(=O)C(N)Cc1c(I)ncn1C. The zero-order valence-electron chi connectivity index (χ0n) is 8.74.